The number of pyridine rings is 1. The van der Waals surface area contributed by atoms with Gasteiger partial charge in [0.05, 0.1) is 36.9 Å². The molecule has 184 valence electrons. The van der Waals surface area contributed by atoms with Crippen molar-refractivity contribution >= 4 is 50.0 Å². The quantitative estimate of drug-likeness (QED) is 0.372. The van der Waals surface area contributed by atoms with Gasteiger partial charge in [-0.25, -0.2) is 8.42 Å². The predicted molar refractivity (Wildman–Crippen MR) is 141 cm³/mol. The topological polar surface area (TPSA) is 97.8 Å². The number of rotatable bonds is 7. The van der Waals surface area contributed by atoms with Crippen LogP contribution in [0.1, 0.15) is 10.9 Å². The molecule has 1 unspecified atom stereocenters. The lowest BCUT2D eigenvalue weighted by atomic mass is 10.1. The lowest BCUT2D eigenvalue weighted by molar-refractivity contribution is -0.115. The van der Waals surface area contributed by atoms with Gasteiger partial charge in [-0.1, -0.05) is 36.4 Å². The van der Waals surface area contributed by atoms with Crippen molar-refractivity contribution in [1.82, 2.24) is 4.98 Å². The van der Waals surface area contributed by atoms with E-state index in [1.807, 2.05) is 24.3 Å². The third-order valence-corrected chi connectivity index (χ3v) is 8.46. The average Bonchev–Trinajstić information content (AvgIpc) is 3.28. The van der Waals surface area contributed by atoms with Gasteiger partial charge in [-0.2, -0.15) is 0 Å². The number of thioether (sulfide) groups is 1. The molecule has 0 aliphatic carbocycles. The van der Waals surface area contributed by atoms with Gasteiger partial charge in [-0.15, -0.1) is 11.8 Å². The Hall–Kier alpha value is -3.76. The molecule has 4 aromatic rings. The van der Waals surface area contributed by atoms with Crippen LogP contribution in [0.5, 0.6) is 11.5 Å². The number of ether oxygens (including phenoxy) is 2. The number of sulfonamides is 1. The van der Waals surface area contributed by atoms with Crippen molar-refractivity contribution in [3.63, 3.8) is 0 Å². The number of fused-ring (bicyclic) bond motifs is 1. The number of benzene rings is 3. The fourth-order valence-electron chi connectivity index (χ4n) is 4.20. The molecule has 3 aromatic carbocycles. The summed E-state index contributed by atoms with van der Waals surface area (Å²) in [6.07, 6.45) is 1.57. The predicted octanol–water partition coefficient (Wildman–Crippen LogP) is 4.83. The fourth-order valence-corrected chi connectivity index (χ4v) is 6.67. The summed E-state index contributed by atoms with van der Waals surface area (Å²) in [4.78, 5) is 19.0. The van der Waals surface area contributed by atoms with Crippen LogP contribution >= 0.6 is 11.8 Å². The maximum absolute atomic E-state index is 13.5. The molecule has 1 atom stereocenters. The van der Waals surface area contributed by atoms with Crippen molar-refractivity contribution in [3.8, 4) is 11.5 Å². The molecule has 1 amide bonds. The minimum absolute atomic E-state index is 0.0826. The highest BCUT2D eigenvalue weighted by molar-refractivity contribution is 8.00. The van der Waals surface area contributed by atoms with Crippen LogP contribution in [0.4, 0.5) is 11.4 Å². The maximum Gasteiger partial charge on any atom is 0.264 e. The van der Waals surface area contributed by atoms with Gasteiger partial charge in [0.1, 0.15) is 21.8 Å². The van der Waals surface area contributed by atoms with Crippen molar-refractivity contribution in [2.45, 2.75) is 10.3 Å². The third-order valence-electron chi connectivity index (χ3n) is 5.87. The average molecular weight is 522 g/mol. The Morgan fingerprint density at radius 3 is 2.61 bits per heavy atom. The van der Waals surface area contributed by atoms with Crippen LogP contribution in [0, 0.1) is 0 Å². The Kier molecular flexibility index (Phi) is 6.46. The van der Waals surface area contributed by atoms with E-state index in [4.69, 9.17) is 9.47 Å². The van der Waals surface area contributed by atoms with Crippen molar-refractivity contribution in [3.05, 3.63) is 84.6 Å². The van der Waals surface area contributed by atoms with E-state index in [9.17, 15) is 13.2 Å². The van der Waals surface area contributed by atoms with Crippen LogP contribution in [0.15, 0.2) is 83.9 Å². The van der Waals surface area contributed by atoms with Crippen LogP contribution < -0.4 is 19.1 Å². The number of hydrogen-bond acceptors (Lipinski definition) is 7. The standard InChI is InChI=1S/C26H23N3O5S2/c1-33-18-12-13-21(22(15-18)34-2)29-24(30)16-35-26(29)19-9-3-4-10-20(19)28-36(31,32)23-11-5-7-17-8-6-14-27-25(17)23/h3-15,26,28H,16H2,1-2H3. The number of methoxy groups -OCH3 is 2. The second kappa shape index (κ2) is 9.71. The van der Waals surface area contributed by atoms with Crippen molar-refractivity contribution in [2.24, 2.45) is 0 Å². The first kappa shape index (κ1) is 24.0. The van der Waals surface area contributed by atoms with E-state index in [0.29, 0.717) is 34.0 Å². The van der Waals surface area contributed by atoms with Gasteiger partial charge in [0.2, 0.25) is 5.91 Å². The van der Waals surface area contributed by atoms with Crippen molar-refractivity contribution in [2.75, 3.05) is 29.6 Å². The third kappa shape index (κ3) is 4.33. The summed E-state index contributed by atoms with van der Waals surface area (Å²) in [5.74, 6) is 1.22. The van der Waals surface area contributed by atoms with Gasteiger partial charge >= 0.3 is 0 Å². The van der Waals surface area contributed by atoms with Gasteiger partial charge in [0.25, 0.3) is 10.0 Å². The van der Waals surface area contributed by atoms with Gasteiger partial charge in [0, 0.05) is 23.2 Å². The van der Waals surface area contributed by atoms with Crippen LogP contribution in [0.2, 0.25) is 0 Å². The largest absolute Gasteiger partial charge is 0.497 e. The number of nitrogens with zero attached hydrogens (tertiary/aromatic N) is 2. The molecule has 36 heavy (non-hydrogen) atoms. The Balaban J connectivity index is 1.55. The molecule has 1 N–H and O–H groups in total. The molecule has 1 aromatic heterocycles. The van der Waals surface area contributed by atoms with Crippen LogP contribution in [-0.2, 0) is 14.8 Å². The molecular formula is C26H23N3O5S2. The zero-order valence-corrected chi connectivity index (χ0v) is 21.2. The van der Waals surface area contributed by atoms with Crippen LogP contribution in [0.3, 0.4) is 0 Å². The van der Waals surface area contributed by atoms with E-state index in [1.54, 1.807) is 60.7 Å². The van der Waals surface area contributed by atoms with E-state index in [2.05, 4.69) is 9.71 Å². The Morgan fingerprint density at radius 1 is 1.00 bits per heavy atom. The van der Waals surface area contributed by atoms with E-state index < -0.39 is 15.4 Å². The van der Waals surface area contributed by atoms with Gasteiger partial charge in [-0.3, -0.25) is 19.4 Å². The zero-order chi connectivity index (χ0) is 25.3. The van der Waals surface area contributed by atoms with Crippen LogP contribution in [0.25, 0.3) is 10.9 Å². The number of nitrogens with one attached hydrogen (secondary N) is 1. The first-order valence-electron chi connectivity index (χ1n) is 11.0. The van der Waals surface area contributed by atoms with Crippen molar-refractivity contribution < 1.29 is 22.7 Å². The second-order valence-corrected chi connectivity index (χ2v) is 10.7. The van der Waals surface area contributed by atoms with E-state index >= 15 is 0 Å². The normalized spacial score (nSPS) is 15.8. The molecule has 10 heteroatoms. The Bertz CT molecular complexity index is 1550. The molecule has 0 bridgehead atoms. The maximum atomic E-state index is 13.5. The summed E-state index contributed by atoms with van der Waals surface area (Å²) >= 11 is 1.42. The number of amides is 1. The molecule has 1 aliphatic heterocycles. The summed E-state index contributed by atoms with van der Waals surface area (Å²) in [5, 5.41) is 0.257. The molecule has 8 nitrogen and oxygen atoms in total. The first-order valence-corrected chi connectivity index (χ1v) is 13.6. The zero-order valence-electron chi connectivity index (χ0n) is 19.5. The lowest BCUT2D eigenvalue weighted by Gasteiger charge is -2.27. The Labute approximate surface area is 213 Å². The van der Waals surface area contributed by atoms with E-state index in [1.165, 1.54) is 24.9 Å². The highest BCUT2D eigenvalue weighted by atomic mass is 32.2. The van der Waals surface area contributed by atoms with Gasteiger partial charge in [0.15, 0.2) is 0 Å². The summed E-state index contributed by atoms with van der Waals surface area (Å²) in [7, 11) is -0.889. The SMILES string of the molecule is COc1ccc(N2C(=O)CSC2c2ccccc2NS(=O)(=O)c2cccc3cccnc23)c(OC)c1. The summed E-state index contributed by atoms with van der Waals surface area (Å²) in [6.45, 7) is 0. The smallest absolute Gasteiger partial charge is 0.264 e. The number of hydrogen-bond donors (Lipinski definition) is 1. The number of para-hydroxylation sites is 2. The molecule has 1 fully saturated rings. The molecule has 0 spiro atoms. The monoisotopic (exact) mass is 521 g/mol. The minimum Gasteiger partial charge on any atom is -0.497 e. The molecule has 2 heterocycles. The highest BCUT2D eigenvalue weighted by Gasteiger charge is 2.37. The fraction of sp³-hybridized carbons (Fsp3) is 0.154. The molecular weight excluding hydrogens is 498 g/mol. The van der Waals surface area contributed by atoms with Gasteiger partial charge in [-0.05, 0) is 30.3 Å². The number of carbonyl (C=O) groups is 1. The summed E-state index contributed by atoms with van der Waals surface area (Å²) in [6, 6.07) is 20.9. The van der Waals surface area contributed by atoms with Crippen molar-refractivity contribution in [1.29, 1.82) is 0 Å². The minimum atomic E-state index is -3.98. The summed E-state index contributed by atoms with van der Waals surface area (Å²) in [5.41, 5.74) is 2.01. The van der Waals surface area contributed by atoms with Crippen LogP contribution in [-0.4, -0.2) is 39.3 Å². The molecule has 5 rings (SSSR count). The molecule has 1 aliphatic rings. The molecule has 0 saturated carbocycles. The van der Waals surface area contributed by atoms with Gasteiger partial charge < -0.3 is 9.47 Å². The molecule has 0 radical (unpaired) electrons. The number of anilines is 2. The second-order valence-electron chi connectivity index (χ2n) is 7.99. The molecule has 1 saturated heterocycles. The Morgan fingerprint density at radius 2 is 1.81 bits per heavy atom. The highest BCUT2D eigenvalue weighted by Crippen LogP contribution is 2.47. The van der Waals surface area contributed by atoms with E-state index in [0.717, 1.165) is 5.39 Å². The first-order chi connectivity index (χ1) is 17.4. The summed E-state index contributed by atoms with van der Waals surface area (Å²) < 4.78 is 40.6. The van der Waals surface area contributed by atoms with E-state index in [-0.39, 0.29) is 16.6 Å². The number of aromatic nitrogens is 1. The number of carbonyl (C=O) groups excluding carboxylic acids is 1. The lowest BCUT2D eigenvalue weighted by Crippen LogP contribution is -2.29.